The minimum absolute atomic E-state index is 0.0267. The Morgan fingerprint density at radius 2 is 2.16 bits per heavy atom. The lowest BCUT2D eigenvalue weighted by Gasteiger charge is -2.24. The van der Waals surface area contributed by atoms with Gasteiger partial charge in [-0.15, -0.1) is 11.3 Å². The maximum Gasteiger partial charge on any atom is 0.238 e. The summed E-state index contributed by atoms with van der Waals surface area (Å²) in [7, 11) is 0. The van der Waals surface area contributed by atoms with Crippen molar-refractivity contribution in [2.24, 2.45) is 0 Å². The number of benzene rings is 1. The van der Waals surface area contributed by atoms with Crippen LogP contribution in [0.15, 0.2) is 41.8 Å². The Morgan fingerprint density at radius 1 is 1.32 bits per heavy atom. The van der Waals surface area contributed by atoms with Gasteiger partial charge in [0.15, 0.2) is 0 Å². The van der Waals surface area contributed by atoms with Gasteiger partial charge in [-0.25, -0.2) is 0 Å². The highest BCUT2D eigenvalue weighted by Crippen LogP contribution is 2.17. The third-order valence-electron chi connectivity index (χ3n) is 4.46. The van der Waals surface area contributed by atoms with E-state index in [0.717, 1.165) is 44.6 Å². The molecule has 0 unspecified atom stereocenters. The number of rotatable bonds is 8. The summed E-state index contributed by atoms with van der Waals surface area (Å²) in [5.41, 5.74) is 2.13. The molecule has 0 spiro atoms. The molecule has 0 saturated carbocycles. The van der Waals surface area contributed by atoms with E-state index in [4.69, 9.17) is 4.74 Å². The number of thiophene rings is 1. The molecule has 2 aromatic rings. The zero-order valence-electron chi connectivity index (χ0n) is 14.7. The van der Waals surface area contributed by atoms with Gasteiger partial charge in [-0.05, 0) is 48.4 Å². The summed E-state index contributed by atoms with van der Waals surface area (Å²) in [5, 5.41) is 5.09. The number of hydrogen-bond acceptors (Lipinski definition) is 4. The van der Waals surface area contributed by atoms with E-state index in [1.54, 1.807) is 11.3 Å². The molecule has 0 bridgehead atoms. The molecule has 1 aromatic carbocycles. The van der Waals surface area contributed by atoms with Crippen LogP contribution in [0.2, 0.25) is 0 Å². The third kappa shape index (κ3) is 5.66. The van der Waals surface area contributed by atoms with Crippen LogP contribution in [0.5, 0.6) is 0 Å². The second kappa shape index (κ2) is 9.13. The van der Waals surface area contributed by atoms with Crippen molar-refractivity contribution in [1.82, 2.24) is 4.90 Å². The standard InChI is InChI=1S/C20H26N2O2S/c1-2-16-7-9-17(10-8-16)21-20(23)15-22(13-18-5-3-11-24-18)14-19-6-4-12-25-19/h4,6-10,12,18H,2-3,5,11,13-15H2,1H3,(H,21,23)/t18-/m0/s1. The topological polar surface area (TPSA) is 41.6 Å². The molecule has 0 aliphatic carbocycles. The minimum atomic E-state index is 0.0267. The maximum atomic E-state index is 12.5. The number of carbonyl (C=O) groups is 1. The van der Waals surface area contributed by atoms with Gasteiger partial charge in [0, 0.05) is 30.3 Å². The van der Waals surface area contributed by atoms with Gasteiger partial charge in [-0.2, -0.15) is 0 Å². The third-order valence-corrected chi connectivity index (χ3v) is 5.32. The van der Waals surface area contributed by atoms with E-state index in [0.29, 0.717) is 6.54 Å². The van der Waals surface area contributed by atoms with Crippen molar-refractivity contribution in [3.8, 4) is 0 Å². The lowest BCUT2D eigenvalue weighted by atomic mass is 10.1. The van der Waals surface area contributed by atoms with Gasteiger partial charge in [0.1, 0.15) is 0 Å². The Morgan fingerprint density at radius 3 is 2.80 bits per heavy atom. The number of hydrogen-bond donors (Lipinski definition) is 1. The first-order valence-corrected chi connectivity index (χ1v) is 9.86. The lowest BCUT2D eigenvalue weighted by molar-refractivity contribution is -0.117. The molecule has 25 heavy (non-hydrogen) atoms. The van der Waals surface area contributed by atoms with E-state index in [2.05, 4.69) is 46.8 Å². The lowest BCUT2D eigenvalue weighted by Crippen LogP contribution is -2.37. The molecule has 1 N–H and O–H groups in total. The summed E-state index contributed by atoms with van der Waals surface area (Å²) in [6.45, 7) is 4.95. The predicted molar refractivity (Wildman–Crippen MR) is 103 cm³/mol. The number of nitrogens with one attached hydrogen (secondary N) is 1. The first-order chi connectivity index (χ1) is 12.2. The van der Waals surface area contributed by atoms with Gasteiger partial charge in [0.25, 0.3) is 0 Å². The highest BCUT2D eigenvalue weighted by molar-refractivity contribution is 7.09. The molecule has 3 rings (SSSR count). The number of anilines is 1. The summed E-state index contributed by atoms with van der Waals surface area (Å²) in [6.07, 6.45) is 3.45. The molecular formula is C20H26N2O2S. The number of nitrogens with zero attached hydrogens (tertiary/aromatic N) is 1. The highest BCUT2D eigenvalue weighted by Gasteiger charge is 2.21. The highest BCUT2D eigenvalue weighted by atomic mass is 32.1. The van der Waals surface area contributed by atoms with Gasteiger partial charge < -0.3 is 10.1 Å². The molecule has 1 fully saturated rings. The SMILES string of the molecule is CCc1ccc(NC(=O)CN(Cc2cccs2)C[C@@H]2CCCO2)cc1. The molecular weight excluding hydrogens is 332 g/mol. The minimum Gasteiger partial charge on any atom is -0.377 e. The van der Waals surface area contributed by atoms with Crippen LogP contribution in [0.1, 0.15) is 30.2 Å². The average Bonchev–Trinajstić information content (AvgIpc) is 3.29. The van der Waals surface area contributed by atoms with E-state index >= 15 is 0 Å². The molecule has 2 heterocycles. The van der Waals surface area contributed by atoms with Crippen LogP contribution in [0.3, 0.4) is 0 Å². The largest absolute Gasteiger partial charge is 0.377 e. The van der Waals surface area contributed by atoms with E-state index in [-0.39, 0.29) is 12.0 Å². The molecule has 134 valence electrons. The quantitative estimate of drug-likeness (QED) is 0.777. The van der Waals surface area contributed by atoms with Crippen LogP contribution < -0.4 is 5.32 Å². The Balaban J connectivity index is 1.57. The van der Waals surface area contributed by atoms with E-state index in [9.17, 15) is 4.79 Å². The summed E-state index contributed by atoms with van der Waals surface area (Å²) in [5.74, 6) is 0.0267. The van der Waals surface area contributed by atoms with Crippen molar-refractivity contribution >= 4 is 22.9 Å². The van der Waals surface area contributed by atoms with Gasteiger partial charge >= 0.3 is 0 Å². The van der Waals surface area contributed by atoms with Crippen molar-refractivity contribution in [3.63, 3.8) is 0 Å². The Bertz CT molecular complexity index is 649. The van der Waals surface area contributed by atoms with Crippen LogP contribution >= 0.6 is 11.3 Å². The summed E-state index contributed by atoms with van der Waals surface area (Å²) in [4.78, 5) is 16.0. The Hall–Kier alpha value is -1.69. The van der Waals surface area contributed by atoms with Crippen molar-refractivity contribution in [2.45, 2.75) is 38.8 Å². The summed E-state index contributed by atoms with van der Waals surface area (Å²) < 4.78 is 5.76. The molecule has 4 nitrogen and oxygen atoms in total. The van der Waals surface area contributed by atoms with Crippen LogP contribution in [-0.4, -0.2) is 36.6 Å². The van der Waals surface area contributed by atoms with Crippen LogP contribution in [-0.2, 0) is 22.5 Å². The predicted octanol–water partition coefficient (Wildman–Crippen LogP) is 3.93. The van der Waals surface area contributed by atoms with Crippen molar-refractivity contribution in [3.05, 3.63) is 52.2 Å². The molecule has 1 atom stereocenters. The van der Waals surface area contributed by atoms with Crippen molar-refractivity contribution in [2.75, 3.05) is 25.0 Å². The van der Waals surface area contributed by atoms with E-state index in [1.807, 2.05) is 12.1 Å². The molecule has 1 aromatic heterocycles. The number of ether oxygens (including phenoxy) is 1. The van der Waals surface area contributed by atoms with Crippen LogP contribution in [0, 0.1) is 0 Å². The van der Waals surface area contributed by atoms with Crippen LogP contribution in [0.25, 0.3) is 0 Å². The van der Waals surface area contributed by atoms with Crippen LogP contribution in [0.4, 0.5) is 5.69 Å². The fraction of sp³-hybridized carbons (Fsp3) is 0.450. The van der Waals surface area contributed by atoms with E-state index in [1.165, 1.54) is 10.4 Å². The molecule has 1 saturated heterocycles. The smallest absolute Gasteiger partial charge is 0.238 e. The first kappa shape index (κ1) is 18.1. The summed E-state index contributed by atoms with van der Waals surface area (Å²) in [6, 6.07) is 12.2. The normalized spacial score (nSPS) is 17.1. The van der Waals surface area contributed by atoms with Crippen molar-refractivity contribution in [1.29, 1.82) is 0 Å². The molecule has 1 aliphatic heterocycles. The number of amides is 1. The van der Waals surface area contributed by atoms with Gasteiger partial charge in [-0.3, -0.25) is 9.69 Å². The zero-order valence-corrected chi connectivity index (χ0v) is 15.6. The molecule has 0 radical (unpaired) electrons. The second-order valence-electron chi connectivity index (χ2n) is 6.48. The Kier molecular flexibility index (Phi) is 6.62. The van der Waals surface area contributed by atoms with Gasteiger partial charge in [0.05, 0.1) is 12.6 Å². The number of carbonyl (C=O) groups excluding carboxylic acids is 1. The van der Waals surface area contributed by atoms with Gasteiger partial charge in [-0.1, -0.05) is 25.1 Å². The second-order valence-corrected chi connectivity index (χ2v) is 7.51. The van der Waals surface area contributed by atoms with Gasteiger partial charge in [0.2, 0.25) is 5.91 Å². The monoisotopic (exact) mass is 358 g/mol. The summed E-state index contributed by atoms with van der Waals surface area (Å²) >= 11 is 1.73. The number of aryl methyl sites for hydroxylation is 1. The molecule has 1 aliphatic rings. The zero-order chi connectivity index (χ0) is 17.5. The Labute approximate surface area is 153 Å². The maximum absolute atomic E-state index is 12.5. The molecule has 5 heteroatoms. The van der Waals surface area contributed by atoms with Crippen molar-refractivity contribution < 1.29 is 9.53 Å². The first-order valence-electron chi connectivity index (χ1n) is 8.98. The van der Waals surface area contributed by atoms with E-state index < -0.39 is 0 Å². The fourth-order valence-corrected chi connectivity index (χ4v) is 3.86. The average molecular weight is 359 g/mol. The fourth-order valence-electron chi connectivity index (χ4n) is 3.11. The molecule has 1 amide bonds.